The largest absolute Gasteiger partial charge is 0.349 e. The van der Waals surface area contributed by atoms with Crippen LogP contribution in [-0.2, 0) is 0 Å². The van der Waals surface area contributed by atoms with Gasteiger partial charge in [0.25, 0.3) is 0 Å². The second kappa shape index (κ2) is 4.33. The molecule has 1 aromatic heterocycles. The molecule has 0 saturated carbocycles. The standard InChI is InChI=1S/C11H11N3S/c12-6-11(15)14-10-2-1-9-7-13-4-3-8(9)5-10/h1-5,7H,6,12H2,(H,14,15). The topological polar surface area (TPSA) is 50.9 Å². The first-order valence-corrected chi connectivity index (χ1v) is 5.04. The number of thiocarbonyl (C=S) groups is 1. The van der Waals surface area contributed by atoms with E-state index >= 15 is 0 Å². The predicted octanol–water partition coefficient (Wildman–Crippen LogP) is 1.93. The monoisotopic (exact) mass is 217 g/mol. The van der Waals surface area contributed by atoms with Crippen molar-refractivity contribution in [1.29, 1.82) is 0 Å². The Kier molecular flexibility index (Phi) is 2.89. The van der Waals surface area contributed by atoms with Gasteiger partial charge < -0.3 is 11.1 Å². The van der Waals surface area contributed by atoms with E-state index in [4.69, 9.17) is 18.0 Å². The van der Waals surface area contributed by atoms with Gasteiger partial charge in [0, 0.05) is 30.0 Å². The highest BCUT2D eigenvalue weighted by molar-refractivity contribution is 7.80. The number of anilines is 1. The summed E-state index contributed by atoms with van der Waals surface area (Å²) in [6.45, 7) is 0.365. The van der Waals surface area contributed by atoms with E-state index in [1.807, 2.05) is 30.5 Å². The van der Waals surface area contributed by atoms with E-state index < -0.39 is 0 Å². The van der Waals surface area contributed by atoms with Gasteiger partial charge in [0.2, 0.25) is 0 Å². The van der Waals surface area contributed by atoms with E-state index in [-0.39, 0.29) is 0 Å². The van der Waals surface area contributed by atoms with E-state index in [1.165, 1.54) is 0 Å². The number of rotatable bonds is 2. The quantitative estimate of drug-likeness (QED) is 0.755. The van der Waals surface area contributed by atoms with E-state index in [0.717, 1.165) is 16.5 Å². The molecule has 0 fully saturated rings. The van der Waals surface area contributed by atoms with Gasteiger partial charge in [-0.2, -0.15) is 0 Å². The molecule has 0 spiro atoms. The number of nitrogens with zero attached hydrogens (tertiary/aromatic N) is 1. The molecule has 4 heteroatoms. The summed E-state index contributed by atoms with van der Waals surface area (Å²) < 4.78 is 0. The predicted molar refractivity (Wildman–Crippen MR) is 67.0 cm³/mol. The summed E-state index contributed by atoms with van der Waals surface area (Å²) in [5.74, 6) is 0. The summed E-state index contributed by atoms with van der Waals surface area (Å²) in [6.07, 6.45) is 3.60. The van der Waals surface area contributed by atoms with E-state index in [2.05, 4.69) is 10.3 Å². The van der Waals surface area contributed by atoms with Crippen LogP contribution in [0.25, 0.3) is 10.8 Å². The smallest absolute Gasteiger partial charge is 0.0935 e. The number of nitrogens with one attached hydrogen (secondary N) is 1. The van der Waals surface area contributed by atoms with Gasteiger partial charge >= 0.3 is 0 Å². The van der Waals surface area contributed by atoms with Crippen LogP contribution >= 0.6 is 12.2 Å². The zero-order valence-corrected chi connectivity index (χ0v) is 8.92. The molecule has 0 atom stereocenters. The molecule has 3 nitrogen and oxygen atoms in total. The number of aromatic nitrogens is 1. The Balaban J connectivity index is 2.34. The molecule has 0 aliphatic heterocycles. The van der Waals surface area contributed by atoms with Crippen LogP contribution in [0.2, 0.25) is 0 Å². The molecule has 3 N–H and O–H groups in total. The molecular weight excluding hydrogens is 206 g/mol. The van der Waals surface area contributed by atoms with Gasteiger partial charge in [-0.1, -0.05) is 18.3 Å². The Morgan fingerprint density at radius 1 is 1.33 bits per heavy atom. The van der Waals surface area contributed by atoms with Gasteiger partial charge in [0.1, 0.15) is 0 Å². The first kappa shape index (κ1) is 10.0. The summed E-state index contributed by atoms with van der Waals surface area (Å²) in [5, 5.41) is 5.32. The molecule has 1 aromatic carbocycles. The third kappa shape index (κ3) is 2.29. The summed E-state index contributed by atoms with van der Waals surface area (Å²) >= 11 is 5.01. The number of benzene rings is 1. The summed E-state index contributed by atoms with van der Waals surface area (Å²) in [6, 6.07) is 7.96. The number of hydrogen-bond donors (Lipinski definition) is 2. The first-order chi connectivity index (χ1) is 7.29. The minimum absolute atomic E-state index is 0.365. The maximum atomic E-state index is 5.42. The zero-order valence-electron chi connectivity index (χ0n) is 8.10. The fraction of sp³-hybridized carbons (Fsp3) is 0.0909. The minimum atomic E-state index is 0.365. The minimum Gasteiger partial charge on any atom is -0.349 e. The summed E-state index contributed by atoms with van der Waals surface area (Å²) in [7, 11) is 0. The number of hydrogen-bond acceptors (Lipinski definition) is 3. The van der Waals surface area contributed by atoms with Crippen LogP contribution in [-0.4, -0.2) is 16.5 Å². The van der Waals surface area contributed by atoms with E-state index in [1.54, 1.807) is 6.20 Å². The molecule has 0 saturated heterocycles. The second-order valence-corrected chi connectivity index (χ2v) is 3.68. The Morgan fingerprint density at radius 3 is 3.00 bits per heavy atom. The lowest BCUT2D eigenvalue weighted by molar-refractivity contribution is 1.32. The molecule has 0 amide bonds. The first-order valence-electron chi connectivity index (χ1n) is 4.63. The molecule has 0 unspecified atom stereocenters. The van der Waals surface area contributed by atoms with Crippen molar-refractivity contribution < 1.29 is 0 Å². The van der Waals surface area contributed by atoms with Crippen LogP contribution in [0, 0.1) is 0 Å². The van der Waals surface area contributed by atoms with E-state index in [0.29, 0.717) is 11.5 Å². The lowest BCUT2D eigenvalue weighted by Gasteiger charge is -2.06. The van der Waals surface area contributed by atoms with Crippen molar-refractivity contribution in [3.8, 4) is 0 Å². The van der Waals surface area contributed by atoms with Crippen molar-refractivity contribution in [3.63, 3.8) is 0 Å². The van der Waals surface area contributed by atoms with Crippen LogP contribution in [0.5, 0.6) is 0 Å². The van der Waals surface area contributed by atoms with Gasteiger partial charge in [-0.05, 0) is 23.6 Å². The van der Waals surface area contributed by atoms with Gasteiger partial charge in [0.05, 0.1) is 4.99 Å². The van der Waals surface area contributed by atoms with Crippen molar-refractivity contribution in [3.05, 3.63) is 36.7 Å². The van der Waals surface area contributed by atoms with Crippen molar-refractivity contribution in [2.45, 2.75) is 0 Å². The van der Waals surface area contributed by atoms with Crippen molar-refractivity contribution in [1.82, 2.24) is 4.98 Å². The highest BCUT2D eigenvalue weighted by Gasteiger charge is 1.97. The summed E-state index contributed by atoms with van der Waals surface area (Å²) in [5.41, 5.74) is 6.38. The third-order valence-electron chi connectivity index (χ3n) is 2.11. The second-order valence-electron chi connectivity index (χ2n) is 3.19. The lowest BCUT2D eigenvalue weighted by Crippen LogP contribution is -2.19. The highest BCUT2D eigenvalue weighted by atomic mass is 32.1. The Morgan fingerprint density at radius 2 is 2.20 bits per heavy atom. The average Bonchev–Trinajstić information content (AvgIpc) is 2.29. The number of pyridine rings is 1. The Hall–Kier alpha value is -1.52. The molecule has 76 valence electrons. The van der Waals surface area contributed by atoms with Gasteiger partial charge in [-0.25, -0.2) is 0 Å². The molecule has 0 radical (unpaired) electrons. The average molecular weight is 217 g/mol. The normalized spacial score (nSPS) is 10.2. The van der Waals surface area contributed by atoms with Gasteiger partial charge in [-0.3, -0.25) is 4.98 Å². The Bertz CT molecular complexity index is 496. The van der Waals surface area contributed by atoms with Crippen molar-refractivity contribution in [2.75, 3.05) is 11.9 Å². The molecule has 0 aliphatic rings. The van der Waals surface area contributed by atoms with Crippen LogP contribution in [0.3, 0.4) is 0 Å². The molecule has 2 aromatic rings. The van der Waals surface area contributed by atoms with Gasteiger partial charge in [0.15, 0.2) is 0 Å². The fourth-order valence-electron chi connectivity index (χ4n) is 1.37. The number of fused-ring (bicyclic) bond motifs is 1. The van der Waals surface area contributed by atoms with Crippen molar-refractivity contribution >= 4 is 33.7 Å². The maximum absolute atomic E-state index is 5.42. The SMILES string of the molecule is NCC(=S)Nc1ccc2cnccc2c1. The summed E-state index contributed by atoms with van der Waals surface area (Å²) in [4.78, 5) is 4.70. The fourth-order valence-corrected chi connectivity index (χ4v) is 1.49. The van der Waals surface area contributed by atoms with Crippen molar-refractivity contribution in [2.24, 2.45) is 5.73 Å². The molecular formula is C11H11N3S. The van der Waals surface area contributed by atoms with Crippen LogP contribution < -0.4 is 11.1 Å². The highest BCUT2D eigenvalue weighted by Crippen LogP contribution is 2.17. The Labute approximate surface area is 93.3 Å². The molecule has 0 bridgehead atoms. The lowest BCUT2D eigenvalue weighted by atomic mass is 10.1. The van der Waals surface area contributed by atoms with E-state index in [9.17, 15) is 0 Å². The molecule has 2 rings (SSSR count). The zero-order chi connectivity index (χ0) is 10.7. The molecule has 0 aliphatic carbocycles. The van der Waals surface area contributed by atoms with Crippen LogP contribution in [0.1, 0.15) is 0 Å². The maximum Gasteiger partial charge on any atom is 0.0935 e. The number of nitrogens with two attached hydrogens (primary N) is 1. The van der Waals surface area contributed by atoms with Gasteiger partial charge in [-0.15, -0.1) is 0 Å². The third-order valence-corrected chi connectivity index (χ3v) is 2.38. The molecule has 1 heterocycles. The van der Waals surface area contributed by atoms with Crippen LogP contribution in [0.4, 0.5) is 5.69 Å². The molecule has 15 heavy (non-hydrogen) atoms. The van der Waals surface area contributed by atoms with Crippen LogP contribution in [0.15, 0.2) is 36.7 Å².